The van der Waals surface area contributed by atoms with Gasteiger partial charge >= 0.3 is 0 Å². The van der Waals surface area contributed by atoms with Crippen molar-refractivity contribution in [1.82, 2.24) is 10.5 Å². The lowest BCUT2D eigenvalue weighted by molar-refractivity contribution is -0.121. The lowest BCUT2D eigenvalue weighted by Gasteiger charge is -2.13. The standard InChI is InChI=1S/C15H14N4O2/c16-10-19(15(20)12-6-7-17-9-12)14-8-13(21-18-14)11-4-2-1-3-5-11/h1-5,8,12,17H,6-7,9H2. The van der Waals surface area contributed by atoms with E-state index in [-0.39, 0.29) is 17.6 Å². The number of nitriles is 1. The second-order valence-electron chi connectivity index (χ2n) is 4.88. The van der Waals surface area contributed by atoms with Crippen LogP contribution in [0.4, 0.5) is 5.82 Å². The SMILES string of the molecule is N#CN(C(=O)C1CCNC1)c1cc(-c2ccccc2)on1. The molecule has 0 spiro atoms. The first kappa shape index (κ1) is 13.3. The number of hydrogen-bond donors (Lipinski definition) is 1. The Kier molecular flexibility index (Phi) is 3.67. The molecular formula is C15H14N4O2. The maximum Gasteiger partial charge on any atom is 0.246 e. The van der Waals surface area contributed by atoms with Crippen molar-refractivity contribution in [3.8, 4) is 17.5 Å². The summed E-state index contributed by atoms with van der Waals surface area (Å²) in [5.41, 5.74) is 0.851. The Morgan fingerprint density at radius 1 is 1.43 bits per heavy atom. The molecule has 1 fully saturated rings. The summed E-state index contributed by atoms with van der Waals surface area (Å²) in [6.07, 6.45) is 2.63. The molecule has 0 bridgehead atoms. The van der Waals surface area contributed by atoms with Crippen molar-refractivity contribution in [2.45, 2.75) is 6.42 Å². The summed E-state index contributed by atoms with van der Waals surface area (Å²) in [4.78, 5) is 13.3. The molecule has 1 aliphatic rings. The molecule has 21 heavy (non-hydrogen) atoms. The van der Waals surface area contributed by atoms with E-state index < -0.39 is 0 Å². The normalized spacial score (nSPS) is 17.4. The van der Waals surface area contributed by atoms with Crippen LogP contribution in [0.5, 0.6) is 0 Å². The molecule has 1 aliphatic heterocycles. The predicted molar refractivity (Wildman–Crippen MR) is 76.0 cm³/mol. The molecule has 2 aromatic rings. The van der Waals surface area contributed by atoms with E-state index in [1.807, 2.05) is 36.5 Å². The first-order valence-electron chi connectivity index (χ1n) is 6.76. The number of carbonyl (C=O) groups is 1. The summed E-state index contributed by atoms with van der Waals surface area (Å²) in [5.74, 6) is 0.341. The Hall–Kier alpha value is -2.65. The smallest absolute Gasteiger partial charge is 0.246 e. The fraction of sp³-hybridized carbons (Fsp3) is 0.267. The zero-order chi connectivity index (χ0) is 14.7. The van der Waals surface area contributed by atoms with Crippen LogP contribution in [0.1, 0.15) is 6.42 Å². The van der Waals surface area contributed by atoms with E-state index in [4.69, 9.17) is 4.52 Å². The first-order chi connectivity index (χ1) is 10.3. The molecule has 3 rings (SSSR count). The van der Waals surface area contributed by atoms with Gasteiger partial charge in [0.1, 0.15) is 0 Å². The number of benzene rings is 1. The van der Waals surface area contributed by atoms with Crippen molar-refractivity contribution in [3.05, 3.63) is 36.4 Å². The second kappa shape index (κ2) is 5.77. The molecule has 1 N–H and O–H groups in total. The highest BCUT2D eigenvalue weighted by atomic mass is 16.5. The Morgan fingerprint density at radius 3 is 2.90 bits per heavy atom. The molecule has 106 valence electrons. The number of rotatable bonds is 3. The van der Waals surface area contributed by atoms with Crippen LogP contribution < -0.4 is 10.2 Å². The van der Waals surface area contributed by atoms with Gasteiger partial charge in [-0.15, -0.1) is 0 Å². The summed E-state index contributed by atoms with van der Waals surface area (Å²) in [7, 11) is 0. The van der Waals surface area contributed by atoms with Gasteiger partial charge in [-0.25, -0.2) is 0 Å². The maximum absolute atomic E-state index is 12.3. The van der Waals surface area contributed by atoms with Gasteiger partial charge in [0.25, 0.3) is 0 Å². The van der Waals surface area contributed by atoms with E-state index in [0.717, 1.165) is 23.4 Å². The molecule has 1 atom stereocenters. The van der Waals surface area contributed by atoms with Crippen LogP contribution in [0, 0.1) is 17.4 Å². The van der Waals surface area contributed by atoms with Crippen molar-refractivity contribution in [3.63, 3.8) is 0 Å². The molecule has 1 unspecified atom stereocenters. The average molecular weight is 282 g/mol. The van der Waals surface area contributed by atoms with Crippen LogP contribution in [-0.4, -0.2) is 24.2 Å². The highest BCUT2D eigenvalue weighted by Crippen LogP contribution is 2.25. The highest BCUT2D eigenvalue weighted by Gasteiger charge is 2.30. The minimum Gasteiger partial charge on any atom is -0.354 e. The lowest BCUT2D eigenvalue weighted by atomic mass is 10.1. The fourth-order valence-electron chi connectivity index (χ4n) is 2.37. The molecule has 0 radical (unpaired) electrons. The zero-order valence-electron chi connectivity index (χ0n) is 11.3. The number of amides is 1. The number of nitrogens with zero attached hydrogens (tertiary/aromatic N) is 3. The summed E-state index contributed by atoms with van der Waals surface area (Å²) >= 11 is 0. The number of anilines is 1. The molecular weight excluding hydrogens is 268 g/mol. The molecule has 1 aromatic heterocycles. The van der Waals surface area contributed by atoms with Gasteiger partial charge in [0, 0.05) is 18.2 Å². The van der Waals surface area contributed by atoms with Crippen LogP contribution in [0.2, 0.25) is 0 Å². The molecule has 6 heteroatoms. The Morgan fingerprint density at radius 2 is 2.24 bits per heavy atom. The average Bonchev–Trinajstić information content (AvgIpc) is 3.21. The Labute approximate surface area is 122 Å². The van der Waals surface area contributed by atoms with E-state index in [9.17, 15) is 10.1 Å². The van der Waals surface area contributed by atoms with E-state index in [1.165, 1.54) is 0 Å². The van der Waals surface area contributed by atoms with Gasteiger partial charge in [0.05, 0.1) is 5.92 Å². The fourth-order valence-corrected chi connectivity index (χ4v) is 2.37. The van der Waals surface area contributed by atoms with E-state index >= 15 is 0 Å². The minimum atomic E-state index is -0.240. The van der Waals surface area contributed by atoms with Gasteiger partial charge in [-0.1, -0.05) is 35.5 Å². The summed E-state index contributed by atoms with van der Waals surface area (Å²) in [5, 5.41) is 16.2. The Bertz CT molecular complexity index is 668. The van der Waals surface area contributed by atoms with Gasteiger partial charge in [-0.2, -0.15) is 10.2 Å². The van der Waals surface area contributed by atoms with E-state index in [2.05, 4.69) is 10.5 Å². The third kappa shape index (κ3) is 2.64. The van der Waals surface area contributed by atoms with Crippen LogP contribution in [0.3, 0.4) is 0 Å². The van der Waals surface area contributed by atoms with E-state index in [1.54, 1.807) is 6.07 Å². The van der Waals surface area contributed by atoms with Crippen LogP contribution in [0.15, 0.2) is 40.9 Å². The quantitative estimate of drug-likeness (QED) is 0.685. The molecule has 0 saturated carbocycles. The molecule has 1 aromatic carbocycles. The number of hydrogen-bond acceptors (Lipinski definition) is 5. The number of aromatic nitrogens is 1. The van der Waals surface area contributed by atoms with Crippen molar-refractivity contribution >= 4 is 11.7 Å². The third-order valence-corrected chi connectivity index (χ3v) is 3.52. The lowest BCUT2D eigenvalue weighted by Crippen LogP contribution is -2.33. The maximum atomic E-state index is 12.3. The van der Waals surface area contributed by atoms with E-state index in [0.29, 0.717) is 12.3 Å². The monoisotopic (exact) mass is 282 g/mol. The van der Waals surface area contributed by atoms with Crippen LogP contribution in [0.25, 0.3) is 11.3 Å². The highest BCUT2D eigenvalue weighted by molar-refractivity contribution is 5.97. The third-order valence-electron chi connectivity index (χ3n) is 3.52. The first-order valence-corrected chi connectivity index (χ1v) is 6.76. The Balaban J connectivity index is 1.84. The molecule has 1 saturated heterocycles. The summed E-state index contributed by atoms with van der Waals surface area (Å²) in [6, 6.07) is 11.0. The topological polar surface area (TPSA) is 82.2 Å². The van der Waals surface area contributed by atoms with Crippen LogP contribution >= 0.6 is 0 Å². The van der Waals surface area contributed by atoms with Gasteiger partial charge in [-0.05, 0) is 13.0 Å². The number of carbonyl (C=O) groups excluding carboxylic acids is 1. The molecule has 1 amide bonds. The van der Waals surface area contributed by atoms with Gasteiger partial charge in [0.2, 0.25) is 5.91 Å². The molecule has 0 aliphatic carbocycles. The van der Waals surface area contributed by atoms with Gasteiger partial charge in [-0.3, -0.25) is 4.79 Å². The number of nitrogens with one attached hydrogen (secondary N) is 1. The molecule has 6 nitrogen and oxygen atoms in total. The van der Waals surface area contributed by atoms with Crippen molar-refractivity contribution in [2.75, 3.05) is 18.0 Å². The summed E-state index contributed by atoms with van der Waals surface area (Å²) < 4.78 is 5.24. The zero-order valence-corrected chi connectivity index (χ0v) is 11.3. The predicted octanol–water partition coefficient (Wildman–Crippen LogP) is 1.77. The van der Waals surface area contributed by atoms with Crippen molar-refractivity contribution in [2.24, 2.45) is 5.92 Å². The van der Waals surface area contributed by atoms with Gasteiger partial charge < -0.3 is 9.84 Å². The van der Waals surface area contributed by atoms with Crippen LogP contribution in [-0.2, 0) is 4.79 Å². The summed E-state index contributed by atoms with van der Waals surface area (Å²) in [6.45, 7) is 1.39. The second-order valence-corrected chi connectivity index (χ2v) is 4.88. The molecule has 2 heterocycles. The van der Waals surface area contributed by atoms with Crippen molar-refractivity contribution in [1.29, 1.82) is 5.26 Å². The minimum absolute atomic E-state index is 0.179. The largest absolute Gasteiger partial charge is 0.354 e. The van der Waals surface area contributed by atoms with Crippen molar-refractivity contribution < 1.29 is 9.32 Å². The van der Waals surface area contributed by atoms with Gasteiger partial charge in [0.15, 0.2) is 17.8 Å².